The molecule has 18 nitrogen and oxygen atoms in total. The fourth-order valence-electron chi connectivity index (χ4n) is 2.98. The number of rotatable bonds is 13. The first-order valence-corrected chi connectivity index (χ1v) is 12.8. The molecule has 2 unspecified atom stereocenters. The average Bonchev–Trinajstić information content (AvgIpc) is 3.34. The largest absolute Gasteiger partial charge is 0 e. The van der Waals surface area contributed by atoms with E-state index in [1.54, 1.807) is 64.8 Å². The summed E-state index contributed by atoms with van der Waals surface area (Å²) in [5.41, 5.74) is 1.32. The van der Waals surface area contributed by atoms with Crippen molar-refractivity contribution in [3.8, 4) is 23.0 Å². The summed E-state index contributed by atoms with van der Waals surface area (Å²) in [6, 6.07) is 10.5. The molecule has 0 spiro atoms. The van der Waals surface area contributed by atoms with Crippen LogP contribution in [0.4, 0.5) is 0 Å². The molecular formula is C38H30Co4O18. The molecule has 60 heavy (non-hydrogen) atoms. The molecule has 0 aromatic heterocycles. The first-order chi connectivity index (χ1) is 27.5. The summed E-state index contributed by atoms with van der Waals surface area (Å²) in [5, 5.41) is 20.5. The summed E-state index contributed by atoms with van der Waals surface area (Å²) in [4.78, 5) is 0. The molecule has 2 aromatic carbocycles. The van der Waals surface area contributed by atoms with E-state index in [0.717, 1.165) is 12.8 Å². The molecule has 0 amide bonds. The summed E-state index contributed by atoms with van der Waals surface area (Å²) in [5.74, 6) is 2.32. The number of methoxy groups -OCH3 is 4. The van der Waals surface area contributed by atoms with Crippen LogP contribution in [0.15, 0.2) is 36.4 Å². The predicted molar refractivity (Wildman–Crippen MR) is 168 cm³/mol. The quantitative estimate of drug-likeness (QED) is 0.170. The summed E-state index contributed by atoms with van der Waals surface area (Å²) >= 11 is 0. The number of aliphatic hydroxyl groups is 2. The van der Waals surface area contributed by atoms with E-state index in [-0.39, 0.29) is 67.1 Å². The fraction of sp³-hybridized carbons (Fsp3) is 0.263. The molecule has 2 atom stereocenters. The zero-order valence-electron chi connectivity index (χ0n) is 31.2. The molecule has 0 bridgehead atoms. The van der Waals surface area contributed by atoms with Crippen LogP contribution in [0.2, 0.25) is 0 Å². The Hall–Kier alpha value is -4.05. The van der Waals surface area contributed by atoms with E-state index in [4.69, 9.17) is 74.8 Å². The first kappa shape index (κ1) is 101. The standard InChI is InChI=1S/C26H30O6.12CO.4Co/c1-29-23-15-13-19(17-25(23)31-3)21(27)11-9-7-5-6-8-10-12-22(28)20-14-16-24(30-2)26(18-20)32-4;12*1-2;;;;/h13-18,21-22,27-28H,5-8H2,1-4H3;;;;;;;;;;;;;;;;. The van der Waals surface area contributed by atoms with Gasteiger partial charge in [0.15, 0.2) is 23.0 Å². The molecule has 326 valence electrons. The van der Waals surface area contributed by atoms with Crippen LogP contribution in [0.5, 0.6) is 23.0 Å². The van der Waals surface area contributed by atoms with E-state index < -0.39 is 12.2 Å². The van der Waals surface area contributed by atoms with E-state index in [0.29, 0.717) is 47.0 Å². The van der Waals surface area contributed by atoms with Crippen LogP contribution in [0.25, 0.3) is 0 Å². The molecule has 0 heterocycles. The molecule has 2 N–H and O–H groups in total. The maximum absolute atomic E-state index is 10.2. The van der Waals surface area contributed by atoms with Gasteiger partial charge in [-0.3, -0.25) is 0 Å². The second kappa shape index (κ2) is 111. The Morgan fingerprint density at radius 2 is 0.600 bits per heavy atom. The van der Waals surface area contributed by atoms with Gasteiger partial charge in [-0.2, -0.15) is 0 Å². The molecule has 0 aliphatic carbocycles. The van der Waals surface area contributed by atoms with Crippen molar-refractivity contribution in [1.82, 2.24) is 0 Å². The van der Waals surface area contributed by atoms with Crippen LogP contribution < -0.4 is 18.9 Å². The van der Waals surface area contributed by atoms with Crippen molar-refractivity contribution in [2.75, 3.05) is 28.4 Å². The topological polar surface area (TPSA) is 316 Å². The normalized spacial score (nSPS) is 7.50. The molecule has 0 saturated heterocycles. The van der Waals surface area contributed by atoms with Crippen molar-refractivity contribution in [1.29, 1.82) is 0 Å². The second-order valence-electron chi connectivity index (χ2n) is 6.88. The smallest absolute Gasteiger partial charge is 0 e. The van der Waals surface area contributed by atoms with Gasteiger partial charge in [0.1, 0.15) is 12.2 Å². The summed E-state index contributed by atoms with van der Waals surface area (Å²) in [7, 11) is 6.23. The maximum atomic E-state index is 10.2. The van der Waals surface area contributed by atoms with Gasteiger partial charge in [-0.15, -0.1) is 0 Å². The Kier molecular flexibility index (Phi) is 186. The average molecular weight is 1010 g/mol. The summed E-state index contributed by atoms with van der Waals surface area (Å²) < 4.78 is 111. The third-order valence-corrected chi connectivity index (χ3v) is 4.78. The van der Waals surface area contributed by atoms with Crippen LogP contribution in [0.3, 0.4) is 0 Å². The first-order valence-electron chi connectivity index (χ1n) is 12.8. The van der Waals surface area contributed by atoms with Crippen LogP contribution in [0.1, 0.15) is 49.0 Å². The van der Waals surface area contributed by atoms with Crippen LogP contribution in [-0.2, 0) is 123 Å². The van der Waals surface area contributed by atoms with Gasteiger partial charge in [-0.1, -0.05) is 12.1 Å². The molecule has 8 radical (unpaired) electrons. The molecule has 0 saturated carbocycles. The van der Waals surface area contributed by atoms with Gasteiger partial charge >= 0.3 is 136 Å². The van der Waals surface area contributed by atoms with Gasteiger partial charge in [-0.05, 0) is 85.4 Å². The second-order valence-corrected chi connectivity index (χ2v) is 6.88. The van der Waals surface area contributed by atoms with E-state index >= 15 is 0 Å². The van der Waals surface area contributed by atoms with Crippen LogP contribution in [-0.4, -0.2) is 38.7 Å². The minimum Gasteiger partial charge on any atom is 0 e. The van der Waals surface area contributed by atoms with Crippen LogP contribution in [0, 0.1) is 104 Å². The number of aliphatic hydroxyl groups excluding tert-OH is 2. The Balaban J connectivity index is -0.0000000480. The van der Waals surface area contributed by atoms with Gasteiger partial charge in [0, 0.05) is 67.1 Å². The molecular weight excluding hydrogens is 980 g/mol. The van der Waals surface area contributed by atoms with E-state index in [1.165, 1.54) is 0 Å². The van der Waals surface area contributed by atoms with Crippen molar-refractivity contribution in [2.24, 2.45) is 0 Å². The minimum atomic E-state index is -0.883. The SMILES string of the molecule is COc1ccc(C(O)[C]=[C]CCCC[C]=[C]C(O)c2ccc(OC)c(OC)c2)cc1OC.[C-]#[O+].[C-]#[O+].[C-]#[O+].[C-]#[O+].[C-]#[O+].[C-]#[O+].[C-]#[O+].[C-]#[O+].[C-]#[O+].[C-]#[O+].[C-]#[O+].[C-]#[O+].[Co].[Co].[Co].[Co]. The van der Waals surface area contributed by atoms with Crippen molar-refractivity contribution in [2.45, 2.75) is 37.9 Å². The van der Waals surface area contributed by atoms with E-state index in [9.17, 15) is 10.2 Å². The van der Waals surface area contributed by atoms with Crippen LogP contribution >= 0.6 is 0 Å². The number of benzene rings is 2. The molecule has 2 aromatic rings. The zero-order valence-corrected chi connectivity index (χ0v) is 35.4. The third kappa shape index (κ3) is 63.1. The Morgan fingerprint density at radius 1 is 0.400 bits per heavy atom. The maximum Gasteiger partial charge on any atom is 0 e. The van der Waals surface area contributed by atoms with E-state index in [1.807, 2.05) is 0 Å². The Labute approximate surface area is 391 Å². The van der Waals surface area contributed by atoms with Crippen molar-refractivity contribution < 1.29 is 152 Å². The fourth-order valence-corrected chi connectivity index (χ4v) is 2.98. The third-order valence-electron chi connectivity index (χ3n) is 4.78. The molecule has 22 heteroatoms. The van der Waals surface area contributed by atoms with Gasteiger partial charge < -0.3 is 29.2 Å². The minimum absolute atomic E-state index is 0. The molecule has 2 rings (SSSR count). The van der Waals surface area contributed by atoms with E-state index in [2.05, 4.69) is 104 Å². The van der Waals surface area contributed by atoms with Crippen molar-refractivity contribution >= 4 is 0 Å². The number of unbranched alkanes of at least 4 members (excludes halogenated alkanes) is 3. The van der Waals surface area contributed by atoms with Gasteiger partial charge in [0.25, 0.3) is 0 Å². The van der Waals surface area contributed by atoms with Gasteiger partial charge in [0.05, 0.1) is 28.4 Å². The number of ether oxygens (including phenoxy) is 4. The van der Waals surface area contributed by atoms with Gasteiger partial charge in [0.2, 0.25) is 0 Å². The Morgan fingerprint density at radius 3 is 0.783 bits per heavy atom. The summed E-state index contributed by atoms with van der Waals surface area (Å²) in [6.45, 7) is 54.0. The number of hydrogen-bond donors (Lipinski definition) is 2. The Bertz CT molecular complexity index is 1250. The number of hydrogen-bond acceptors (Lipinski definition) is 6. The monoisotopic (exact) mass is 1010 g/mol. The van der Waals surface area contributed by atoms with Gasteiger partial charge in [-0.25, -0.2) is 0 Å². The molecule has 0 aliphatic rings. The summed E-state index contributed by atoms with van der Waals surface area (Å²) in [6.07, 6.45) is 13.0. The zero-order chi connectivity index (χ0) is 47.3. The number of allylic oxidation sites excluding steroid dienone is 2. The predicted octanol–water partition coefficient (Wildman–Crippen LogP) is 3.91. The molecule has 0 fully saturated rings. The van der Waals surface area contributed by atoms with Crippen molar-refractivity contribution in [3.05, 3.63) is 152 Å². The van der Waals surface area contributed by atoms with Crippen molar-refractivity contribution in [3.63, 3.8) is 0 Å². The molecule has 0 aliphatic heterocycles.